The highest BCUT2D eigenvalue weighted by Gasteiger charge is 1.97. The molecule has 0 unspecified atom stereocenters. The molecule has 56 valence electrons. The highest BCUT2D eigenvalue weighted by molar-refractivity contribution is 7.73. The van der Waals surface area contributed by atoms with E-state index in [2.05, 4.69) is 9.97 Å². The number of hydrogen-bond acceptors (Lipinski definition) is 2. The summed E-state index contributed by atoms with van der Waals surface area (Å²) < 4.78 is 0.821. The van der Waals surface area contributed by atoms with E-state index in [9.17, 15) is 0 Å². The molecule has 0 radical (unpaired) electrons. The minimum atomic E-state index is 0.821. The average Bonchev–Trinajstić information content (AvgIpc) is 2.55. The molecule has 2 N–H and O–H groups in total. The summed E-state index contributed by atoms with van der Waals surface area (Å²) in [6.45, 7) is 0. The second-order valence-electron chi connectivity index (χ2n) is 2.16. The Labute approximate surface area is 72.9 Å². The Balaban J connectivity index is 2.53. The molecule has 0 amide bonds. The van der Waals surface area contributed by atoms with Crippen LogP contribution in [0.4, 0.5) is 0 Å². The normalized spacial score (nSPS) is 10.2. The van der Waals surface area contributed by atoms with Crippen molar-refractivity contribution in [1.29, 1.82) is 0 Å². The van der Waals surface area contributed by atoms with Crippen LogP contribution in [0, 0.1) is 3.95 Å². The fourth-order valence-electron chi connectivity index (χ4n) is 0.913. The van der Waals surface area contributed by atoms with E-state index < -0.39 is 0 Å². The molecule has 4 heteroatoms. The van der Waals surface area contributed by atoms with Crippen molar-refractivity contribution in [3.05, 3.63) is 27.8 Å². The van der Waals surface area contributed by atoms with Crippen LogP contribution in [-0.2, 0) is 0 Å². The quantitative estimate of drug-likeness (QED) is 0.653. The molecule has 2 rings (SSSR count). The first-order valence-electron chi connectivity index (χ1n) is 3.17. The summed E-state index contributed by atoms with van der Waals surface area (Å²) in [6, 6.07) is 2.01. The molecule has 0 aromatic carbocycles. The SMILES string of the molecule is S=c1[nH]c(-c2cc[nH]c2)cs1. The molecule has 0 aliphatic carbocycles. The summed E-state index contributed by atoms with van der Waals surface area (Å²) in [6.07, 6.45) is 3.83. The Kier molecular flexibility index (Phi) is 1.63. The van der Waals surface area contributed by atoms with E-state index in [1.165, 1.54) is 0 Å². The lowest BCUT2D eigenvalue weighted by Crippen LogP contribution is -1.69. The summed E-state index contributed by atoms with van der Waals surface area (Å²) in [7, 11) is 0. The van der Waals surface area contributed by atoms with Crippen LogP contribution in [0.25, 0.3) is 11.3 Å². The number of aromatic amines is 2. The third-order valence-corrected chi connectivity index (χ3v) is 2.49. The van der Waals surface area contributed by atoms with Crippen LogP contribution in [0.1, 0.15) is 0 Å². The highest BCUT2D eigenvalue weighted by Crippen LogP contribution is 2.18. The van der Waals surface area contributed by atoms with Crippen molar-refractivity contribution in [3.63, 3.8) is 0 Å². The molecule has 0 fully saturated rings. The maximum Gasteiger partial charge on any atom is 0.158 e. The number of rotatable bonds is 1. The van der Waals surface area contributed by atoms with Crippen LogP contribution in [-0.4, -0.2) is 9.97 Å². The molecule has 2 aromatic rings. The molecule has 2 nitrogen and oxygen atoms in total. The Morgan fingerprint density at radius 2 is 2.36 bits per heavy atom. The number of thiazole rings is 1. The van der Waals surface area contributed by atoms with E-state index in [4.69, 9.17) is 12.2 Å². The first kappa shape index (κ1) is 6.82. The van der Waals surface area contributed by atoms with E-state index >= 15 is 0 Å². The zero-order chi connectivity index (χ0) is 7.68. The van der Waals surface area contributed by atoms with Gasteiger partial charge >= 0.3 is 0 Å². The molecule has 11 heavy (non-hydrogen) atoms. The Morgan fingerprint density at radius 3 is 2.91 bits per heavy atom. The topological polar surface area (TPSA) is 31.6 Å². The number of H-pyrrole nitrogens is 2. The lowest BCUT2D eigenvalue weighted by atomic mass is 10.3. The molecule has 0 spiro atoms. The van der Waals surface area contributed by atoms with E-state index in [-0.39, 0.29) is 0 Å². The number of hydrogen-bond donors (Lipinski definition) is 2. The summed E-state index contributed by atoms with van der Waals surface area (Å²) in [5, 5.41) is 2.02. The van der Waals surface area contributed by atoms with Crippen LogP contribution in [0.3, 0.4) is 0 Å². The lowest BCUT2D eigenvalue weighted by Gasteiger charge is -1.86. The van der Waals surface area contributed by atoms with Gasteiger partial charge in [-0.2, -0.15) is 0 Å². The van der Waals surface area contributed by atoms with Crippen LogP contribution < -0.4 is 0 Å². The maximum atomic E-state index is 4.96. The standard InChI is InChI=1S/C7H6N2S2/c10-7-9-6(4-11-7)5-1-2-8-3-5/h1-4,8H,(H,9,10). The van der Waals surface area contributed by atoms with Gasteiger partial charge in [0.25, 0.3) is 0 Å². The van der Waals surface area contributed by atoms with E-state index in [0.29, 0.717) is 0 Å². The summed E-state index contributed by atoms with van der Waals surface area (Å²) >= 11 is 6.51. The van der Waals surface area contributed by atoms with Crippen molar-refractivity contribution < 1.29 is 0 Å². The van der Waals surface area contributed by atoms with Gasteiger partial charge in [0.2, 0.25) is 0 Å². The summed E-state index contributed by atoms with van der Waals surface area (Å²) in [5.74, 6) is 0. The van der Waals surface area contributed by atoms with Crippen LogP contribution in [0.5, 0.6) is 0 Å². The van der Waals surface area contributed by atoms with Gasteiger partial charge < -0.3 is 9.97 Å². The Bertz CT molecular complexity index is 382. The van der Waals surface area contributed by atoms with Crippen molar-refractivity contribution >= 4 is 23.6 Å². The van der Waals surface area contributed by atoms with Crippen molar-refractivity contribution in [2.24, 2.45) is 0 Å². The first-order valence-corrected chi connectivity index (χ1v) is 4.46. The molecule has 2 aromatic heterocycles. The molecular weight excluding hydrogens is 176 g/mol. The second kappa shape index (κ2) is 2.64. The fraction of sp³-hybridized carbons (Fsp3) is 0. The van der Waals surface area contributed by atoms with Gasteiger partial charge in [0.1, 0.15) is 0 Å². The minimum absolute atomic E-state index is 0.821. The van der Waals surface area contributed by atoms with Gasteiger partial charge in [-0.05, 0) is 18.3 Å². The van der Waals surface area contributed by atoms with Crippen molar-refractivity contribution in [2.75, 3.05) is 0 Å². The monoisotopic (exact) mass is 182 g/mol. The van der Waals surface area contributed by atoms with Crippen molar-refractivity contribution in [1.82, 2.24) is 9.97 Å². The zero-order valence-corrected chi connectivity index (χ0v) is 7.26. The van der Waals surface area contributed by atoms with Gasteiger partial charge in [0.15, 0.2) is 3.95 Å². The van der Waals surface area contributed by atoms with Gasteiger partial charge in [-0.15, -0.1) is 11.3 Å². The van der Waals surface area contributed by atoms with Crippen molar-refractivity contribution in [2.45, 2.75) is 0 Å². The second-order valence-corrected chi connectivity index (χ2v) is 3.71. The average molecular weight is 182 g/mol. The van der Waals surface area contributed by atoms with Gasteiger partial charge in [-0.3, -0.25) is 0 Å². The van der Waals surface area contributed by atoms with Gasteiger partial charge in [0.05, 0.1) is 5.69 Å². The fourth-order valence-corrected chi connectivity index (χ4v) is 1.76. The predicted molar refractivity (Wildman–Crippen MR) is 49.3 cm³/mol. The number of aromatic nitrogens is 2. The predicted octanol–water partition coefficient (Wildman–Crippen LogP) is 2.80. The molecule has 0 saturated carbocycles. The third kappa shape index (κ3) is 1.27. The minimum Gasteiger partial charge on any atom is -0.367 e. The van der Waals surface area contributed by atoms with Crippen LogP contribution in [0.15, 0.2) is 23.8 Å². The molecular formula is C7H6N2S2. The van der Waals surface area contributed by atoms with E-state index in [1.807, 2.05) is 23.8 Å². The molecule has 0 aliphatic rings. The van der Waals surface area contributed by atoms with Crippen LogP contribution in [0.2, 0.25) is 0 Å². The van der Waals surface area contributed by atoms with Gasteiger partial charge in [-0.25, -0.2) is 0 Å². The molecule has 0 aliphatic heterocycles. The molecule has 0 saturated heterocycles. The largest absolute Gasteiger partial charge is 0.367 e. The summed E-state index contributed by atoms with van der Waals surface area (Å²) in [4.78, 5) is 6.08. The van der Waals surface area contributed by atoms with E-state index in [0.717, 1.165) is 15.2 Å². The van der Waals surface area contributed by atoms with E-state index in [1.54, 1.807) is 11.3 Å². The maximum absolute atomic E-state index is 4.96. The van der Waals surface area contributed by atoms with Gasteiger partial charge in [0, 0.05) is 23.3 Å². The molecule has 0 atom stereocenters. The first-order chi connectivity index (χ1) is 5.36. The summed E-state index contributed by atoms with van der Waals surface area (Å²) in [5.41, 5.74) is 2.23. The molecule has 0 bridgehead atoms. The van der Waals surface area contributed by atoms with Crippen LogP contribution >= 0.6 is 23.6 Å². The lowest BCUT2D eigenvalue weighted by molar-refractivity contribution is 1.38. The van der Waals surface area contributed by atoms with Crippen molar-refractivity contribution in [3.8, 4) is 11.3 Å². The van der Waals surface area contributed by atoms with Gasteiger partial charge in [-0.1, -0.05) is 0 Å². The third-order valence-electron chi connectivity index (χ3n) is 1.43. The zero-order valence-electron chi connectivity index (χ0n) is 5.63. The Hall–Kier alpha value is -0.870. The smallest absolute Gasteiger partial charge is 0.158 e. The molecule has 2 heterocycles. The number of nitrogens with one attached hydrogen (secondary N) is 2. The Morgan fingerprint density at radius 1 is 1.45 bits per heavy atom. The highest BCUT2D eigenvalue weighted by atomic mass is 32.1.